The summed E-state index contributed by atoms with van der Waals surface area (Å²) in [4.78, 5) is 0. The van der Waals surface area contributed by atoms with Crippen molar-refractivity contribution in [2.45, 2.75) is 0 Å². The predicted molar refractivity (Wildman–Crippen MR) is 64.6 cm³/mol. The van der Waals surface area contributed by atoms with Crippen molar-refractivity contribution in [1.29, 1.82) is 0 Å². The van der Waals surface area contributed by atoms with Gasteiger partial charge in [-0.3, -0.25) is 0 Å². The van der Waals surface area contributed by atoms with Gasteiger partial charge >= 0.3 is 0 Å². The molecule has 0 aliphatic heterocycles. The van der Waals surface area contributed by atoms with Gasteiger partial charge in [-0.2, -0.15) is 0 Å². The zero-order valence-electron chi connectivity index (χ0n) is 8.01. The topological polar surface area (TPSA) is 40.5 Å². The molecule has 1 unspecified atom stereocenters. The molecule has 2 nitrogen and oxygen atoms in total. The highest BCUT2D eigenvalue weighted by Gasteiger charge is 2.10. The van der Waals surface area contributed by atoms with Crippen molar-refractivity contribution in [2.24, 2.45) is 0 Å². The molecular weight excluding hydrogens is 207 g/mol. The zero-order valence-corrected chi connectivity index (χ0v) is 9.17. The normalized spacial score (nSPS) is 10.2. The molecule has 0 saturated carbocycles. The lowest BCUT2D eigenvalue weighted by Gasteiger charge is -2.09. The molecule has 2 aromatic rings. The second kappa shape index (κ2) is 3.92. The van der Waals surface area contributed by atoms with Gasteiger partial charge < -0.3 is 10.2 Å². The van der Waals surface area contributed by atoms with Gasteiger partial charge in [-0.25, -0.2) is 0 Å². The quantitative estimate of drug-likeness (QED) is 0.721. The molecule has 0 saturated heterocycles. The Labute approximate surface area is 90.4 Å². The van der Waals surface area contributed by atoms with Gasteiger partial charge in [-0.1, -0.05) is 30.3 Å². The van der Waals surface area contributed by atoms with Crippen LogP contribution in [-0.2, 0) is 0 Å². The van der Waals surface area contributed by atoms with Crippen LogP contribution in [0, 0.1) is 0 Å². The standard InChI is InChI=1S/C12H11O2P/c13-9-5-2-1-4-8(9)12-10(14)6-3-7-11(12)15/h1-7,13-14H,15H2. The third-order valence-corrected chi connectivity index (χ3v) is 2.73. The van der Waals surface area contributed by atoms with E-state index >= 15 is 0 Å². The van der Waals surface area contributed by atoms with Crippen LogP contribution in [0.4, 0.5) is 0 Å². The number of hydrogen-bond donors (Lipinski definition) is 2. The fourth-order valence-electron chi connectivity index (χ4n) is 1.54. The van der Waals surface area contributed by atoms with E-state index in [0.29, 0.717) is 11.1 Å². The minimum absolute atomic E-state index is 0.169. The first-order chi connectivity index (χ1) is 7.20. The maximum absolute atomic E-state index is 9.74. The van der Waals surface area contributed by atoms with E-state index in [9.17, 15) is 10.2 Å². The Balaban J connectivity index is 2.69. The number of benzene rings is 2. The van der Waals surface area contributed by atoms with Gasteiger partial charge in [0.25, 0.3) is 0 Å². The van der Waals surface area contributed by atoms with Crippen molar-refractivity contribution in [3.05, 3.63) is 42.5 Å². The van der Waals surface area contributed by atoms with E-state index in [4.69, 9.17) is 0 Å². The van der Waals surface area contributed by atoms with Gasteiger partial charge in [-0.05, 0) is 17.4 Å². The number of phenolic OH excluding ortho intramolecular Hbond substituents is 2. The number of phenols is 2. The summed E-state index contributed by atoms with van der Waals surface area (Å²) in [5, 5.41) is 20.3. The Hall–Kier alpha value is -1.53. The summed E-state index contributed by atoms with van der Waals surface area (Å²) >= 11 is 0. The van der Waals surface area contributed by atoms with Crippen molar-refractivity contribution in [3.63, 3.8) is 0 Å². The molecule has 0 aromatic heterocycles. The number of para-hydroxylation sites is 1. The smallest absolute Gasteiger partial charge is 0.124 e. The lowest BCUT2D eigenvalue weighted by atomic mass is 10.0. The van der Waals surface area contributed by atoms with E-state index in [0.717, 1.165) is 5.30 Å². The van der Waals surface area contributed by atoms with Crippen LogP contribution in [0.25, 0.3) is 11.1 Å². The molecule has 15 heavy (non-hydrogen) atoms. The molecule has 2 aromatic carbocycles. The first-order valence-electron chi connectivity index (χ1n) is 4.56. The number of rotatable bonds is 1. The van der Waals surface area contributed by atoms with E-state index in [-0.39, 0.29) is 11.5 Å². The molecule has 3 heteroatoms. The average molecular weight is 218 g/mol. The average Bonchev–Trinajstić information content (AvgIpc) is 2.20. The molecule has 0 heterocycles. The first-order valence-corrected chi connectivity index (χ1v) is 5.13. The van der Waals surface area contributed by atoms with Crippen LogP contribution in [0.2, 0.25) is 0 Å². The lowest BCUT2D eigenvalue weighted by molar-refractivity contribution is 0.469. The van der Waals surface area contributed by atoms with Crippen LogP contribution in [0.15, 0.2) is 42.5 Å². The Morgan fingerprint density at radius 1 is 0.800 bits per heavy atom. The summed E-state index contributed by atoms with van der Waals surface area (Å²) < 4.78 is 0. The molecule has 0 radical (unpaired) electrons. The van der Waals surface area contributed by atoms with Gasteiger partial charge in [0.2, 0.25) is 0 Å². The maximum atomic E-state index is 9.74. The van der Waals surface area contributed by atoms with Crippen LogP contribution in [0.3, 0.4) is 0 Å². The van der Waals surface area contributed by atoms with E-state index in [1.165, 1.54) is 0 Å². The molecule has 0 bridgehead atoms. The Morgan fingerprint density at radius 2 is 1.47 bits per heavy atom. The van der Waals surface area contributed by atoms with E-state index < -0.39 is 0 Å². The van der Waals surface area contributed by atoms with Crippen molar-refractivity contribution >= 4 is 14.5 Å². The van der Waals surface area contributed by atoms with Crippen LogP contribution < -0.4 is 5.30 Å². The summed E-state index contributed by atoms with van der Waals surface area (Å²) in [5.41, 5.74) is 1.29. The molecule has 0 spiro atoms. The van der Waals surface area contributed by atoms with Crippen molar-refractivity contribution in [1.82, 2.24) is 0 Å². The fourth-order valence-corrected chi connectivity index (χ4v) is 1.95. The second-order valence-corrected chi connectivity index (χ2v) is 3.88. The van der Waals surface area contributed by atoms with E-state index in [2.05, 4.69) is 9.24 Å². The highest BCUT2D eigenvalue weighted by Crippen LogP contribution is 2.34. The highest BCUT2D eigenvalue weighted by molar-refractivity contribution is 7.28. The summed E-state index contributed by atoms with van der Waals surface area (Å²) in [7, 11) is 2.55. The maximum Gasteiger partial charge on any atom is 0.124 e. The largest absolute Gasteiger partial charge is 0.507 e. The third-order valence-electron chi connectivity index (χ3n) is 2.25. The molecular formula is C12H11O2P. The Kier molecular flexibility index (Phi) is 2.61. The third kappa shape index (κ3) is 1.81. The van der Waals surface area contributed by atoms with Gasteiger partial charge in [0, 0.05) is 11.1 Å². The first kappa shape index (κ1) is 10.0. The van der Waals surface area contributed by atoms with Crippen molar-refractivity contribution in [2.75, 3.05) is 0 Å². The van der Waals surface area contributed by atoms with Crippen LogP contribution >= 0.6 is 9.24 Å². The lowest BCUT2D eigenvalue weighted by Crippen LogP contribution is -1.96. The summed E-state index contributed by atoms with van der Waals surface area (Å²) in [6.07, 6.45) is 0. The van der Waals surface area contributed by atoms with Gasteiger partial charge in [0.05, 0.1) is 0 Å². The van der Waals surface area contributed by atoms with Crippen molar-refractivity contribution in [3.8, 4) is 22.6 Å². The van der Waals surface area contributed by atoms with Gasteiger partial charge in [0.15, 0.2) is 0 Å². The minimum atomic E-state index is 0.169. The number of hydrogen-bond acceptors (Lipinski definition) is 2. The molecule has 76 valence electrons. The molecule has 2 N–H and O–H groups in total. The zero-order chi connectivity index (χ0) is 10.8. The summed E-state index contributed by atoms with van der Waals surface area (Å²) in [6, 6.07) is 12.2. The van der Waals surface area contributed by atoms with E-state index in [1.54, 1.807) is 30.3 Å². The fraction of sp³-hybridized carbons (Fsp3) is 0. The molecule has 1 atom stereocenters. The predicted octanol–water partition coefficient (Wildman–Crippen LogP) is 2.27. The van der Waals surface area contributed by atoms with E-state index in [1.807, 2.05) is 12.1 Å². The second-order valence-electron chi connectivity index (χ2n) is 3.26. The molecule has 0 aliphatic rings. The van der Waals surface area contributed by atoms with Crippen LogP contribution in [-0.4, -0.2) is 10.2 Å². The molecule has 0 aliphatic carbocycles. The molecule has 2 rings (SSSR count). The molecule has 0 amide bonds. The monoisotopic (exact) mass is 218 g/mol. The highest BCUT2D eigenvalue weighted by atomic mass is 31.0. The van der Waals surface area contributed by atoms with Gasteiger partial charge in [0.1, 0.15) is 11.5 Å². The SMILES string of the molecule is Oc1ccccc1-c1c(O)cccc1P. The van der Waals surface area contributed by atoms with Gasteiger partial charge in [-0.15, -0.1) is 9.24 Å². The number of aromatic hydroxyl groups is 2. The van der Waals surface area contributed by atoms with Crippen LogP contribution in [0.1, 0.15) is 0 Å². The molecule has 0 fully saturated rings. The Bertz CT molecular complexity index is 474. The Morgan fingerprint density at radius 3 is 2.13 bits per heavy atom. The minimum Gasteiger partial charge on any atom is -0.507 e. The summed E-state index contributed by atoms with van der Waals surface area (Å²) in [5.74, 6) is 0.340. The van der Waals surface area contributed by atoms with Crippen LogP contribution in [0.5, 0.6) is 11.5 Å². The van der Waals surface area contributed by atoms with Crippen molar-refractivity contribution < 1.29 is 10.2 Å². The summed E-state index contributed by atoms with van der Waals surface area (Å²) in [6.45, 7) is 0.